The number of alkyl halides is 3. The van der Waals surface area contributed by atoms with E-state index in [2.05, 4.69) is 20.5 Å². The summed E-state index contributed by atoms with van der Waals surface area (Å²) < 4.78 is 46.0. The molecule has 3 atom stereocenters. The Bertz CT molecular complexity index is 1370. The van der Waals surface area contributed by atoms with E-state index in [1.165, 1.54) is 6.92 Å². The summed E-state index contributed by atoms with van der Waals surface area (Å²) in [4.78, 5) is 45.9. The van der Waals surface area contributed by atoms with E-state index in [1.807, 2.05) is 0 Å². The lowest BCUT2D eigenvalue weighted by Crippen LogP contribution is -2.51. The fourth-order valence-electron chi connectivity index (χ4n) is 4.12. The summed E-state index contributed by atoms with van der Waals surface area (Å²) in [5.41, 5.74) is 1.35. The highest BCUT2D eigenvalue weighted by Gasteiger charge is 2.47. The highest BCUT2D eigenvalue weighted by Crippen LogP contribution is 2.27. The van der Waals surface area contributed by atoms with Crippen molar-refractivity contribution in [3.8, 4) is 5.75 Å². The molecule has 1 fully saturated rings. The first-order valence-corrected chi connectivity index (χ1v) is 12.2. The SMILES string of the molecule is C[C@H](NC(=O)[C@H]1C[C@H](Oc2ccccc2)CN1OC(=O)C(F)(F)F)C(=O)NCc1cnc2c(c1)c(Cl)cn2C. The third-order valence-electron chi connectivity index (χ3n) is 6.04. The maximum atomic E-state index is 13.0. The number of fused-ring (bicyclic) bond motifs is 1. The standard InChI is InChI=1S/C25H25ClF3N5O5/c1-14(22(35)31-11-15-8-18-19(26)13-33(2)21(18)30-10-15)32-23(36)20-9-17(38-16-6-4-3-5-7-16)12-34(20)39-24(37)25(27,28)29/h3-8,10,13-14,17,20H,9,11-12H2,1-2H3,(H,31,35)(H,32,36)/t14-,17-,20+/m0/s1. The number of nitrogens with zero attached hydrogens (tertiary/aromatic N) is 3. The molecule has 0 bridgehead atoms. The molecule has 0 unspecified atom stereocenters. The average Bonchev–Trinajstić information content (AvgIpc) is 3.41. The van der Waals surface area contributed by atoms with Crippen molar-refractivity contribution in [2.45, 2.75) is 44.3 Å². The van der Waals surface area contributed by atoms with Gasteiger partial charge >= 0.3 is 12.1 Å². The van der Waals surface area contributed by atoms with Gasteiger partial charge in [-0.15, -0.1) is 5.06 Å². The van der Waals surface area contributed by atoms with Gasteiger partial charge in [0.15, 0.2) is 0 Å². The normalized spacial score (nSPS) is 18.5. The third kappa shape index (κ3) is 6.79. The lowest BCUT2D eigenvalue weighted by Gasteiger charge is -2.23. The molecule has 1 saturated heterocycles. The number of carbonyl (C=O) groups is 3. The van der Waals surface area contributed by atoms with Crippen molar-refractivity contribution in [3.63, 3.8) is 0 Å². The fraction of sp³-hybridized carbons (Fsp3) is 0.360. The lowest BCUT2D eigenvalue weighted by atomic mass is 10.1. The van der Waals surface area contributed by atoms with E-state index in [-0.39, 0.29) is 19.5 Å². The Morgan fingerprint density at radius 2 is 1.95 bits per heavy atom. The number of carbonyl (C=O) groups excluding carboxylic acids is 3. The molecule has 10 nitrogen and oxygen atoms in total. The zero-order chi connectivity index (χ0) is 28.3. The van der Waals surface area contributed by atoms with Gasteiger partial charge in [0, 0.05) is 37.8 Å². The molecule has 0 spiro atoms. The molecule has 1 aromatic carbocycles. The smallest absolute Gasteiger partial charge is 0.489 e. The molecule has 3 heterocycles. The van der Waals surface area contributed by atoms with E-state index >= 15 is 0 Å². The minimum Gasteiger partial charge on any atom is -0.489 e. The maximum Gasteiger partial charge on any atom is 0.492 e. The summed E-state index contributed by atoms with van der Waals surface area (Å²) in [6.45, 7) is 1.23. The number of amides is 2. The quantitative estimate of drug-likeness (QED) is 0.430. The molecule has 208 valence electrons. The summed E-state index contributed by atoms with van der Waals surface area (Å²) >= 11 is 6.20. The maximum absolute atomic E-state index is 13.0. The highest BCUT2D eigenvalue weighted by atomic mass is 35.5. The van der Waals surface area contributed by atoms with Gasteiger partial charge in [-0.25, -0.2) is 9.78 Å². The molecule has 4 rings (SSSR count). The van der Waals surface area contributed by atoms with Gasteiger partial charge in [0.05, 0.1) is 11.6 Å². The summed E-state index contributed by atoms with van der Waals surface area (Å²) in [5, 5.41) is 7.00. The average molecular weight is 568 g/mol. The van der Waals surface area contributed by atoms with Crippen LogP contribution in [-0.4, -0.2) is 63.3 Å². The Labute approximate surface area is 226 Å². The van der Waals surface area contributed by atoms with Crippen LogP contribution in [0.15, 0.2) is 48.8 Å². The first kappa shape index (κ1) is 28.2. The number of hydrogen-bond donors (Lipinski definition) is 2. The highest BCUT2D eigenvalue weighted by molar-refractivity contribution is 6.35. The number of hydroxylamine groups is 2. The molecule has 14 heteroatoms. The molecule has 0 radical (unpaired) electrons. The van der Waals surface area contributed by atoms with Gasteiger partial charge in [-0.1, -0.05) is 29.8 Å². The van der Waals surface area contributed by atoms with Crippen molar-refractivity contribution in [2.75, 3.05) is 6.54 Å². The van der Waals surface area contributed by atoms with Crippen molar-refractivity contribution in [1.82, 2.24) is 25.2 Å². The van der Waals surface area contributed by atoms with Gasteiger partial charge < -0.3 is 24.8 Å². The third-order valence-corrected chi connectivity index (χ3v) is 6.34. The van der Waals surface area contributed by atoms with Crippen LogP contribution < -0.4 is 15.4 Å². The van der Waals surface area contributed by atoms with Gasteiger partial charge in [-0.05, 0) is 30.7 Å². The van der Waals surface area contributed by atoms with Crippen LogP contribution in [-0.2, 0) is 32.8 Å². The minimum absolute atomic E-state index is 0.0796. The number of nitrogens with one attached hydrogen (secondary N) is 2. The van der Waals surface area contributed by atoms with Crippen molar-refractivity contribution in [2.24, 2.45) is 7.05 Å². The zero-order valence-corrected chi connectivity index (χ0v) is 21.6. The Morgan fingerprint density at radius 3 is 2.64 bits per heavy atom. The van der Waals surface area contributed by atoms with Gasteiger partial charge in [-0.2, -0.15) is 13.2 Å². The van der Waals surface area contributed by atoms with Gasteiger partial charge in [0.25, 0.3) is 0 Å². The first-order chi connectivity index (χ1) is 18.4. The Kier molecular flexibility index (Phi) is 8.31. The monoisotopic (exact) mass is 567 g/mol. The van der Waals surface area contributed by atoms with Crippen molar-refractivity contribution in [1.29, 1.82) is 0 Å². The second-order valence-corrected chi connectivity index (χ2v) is 9.44. The molecule has 1 aliphatic heterocycles. The largest absolute Gasteiger partial charge is 0.492 e. The second-order valence-electron chi connectivity index (χ2n) is 9.03. The molecule has 0 aliphatic carbocycles. The predicted octanol–water partition coefficient (Wildman–Crippen LogP) is 2.89. The van der Waals surface area contributed by atoms with Gasteiger partial charge in [-0.3, -0.25) is 9.59 Å². The number of ether oxygens (including phenoxy) is 1. The Morgan fingerprint density at radius 1 is 1.23 bits per heavy atom. The van der Waals surface area contributed by atoms with Crippen molar-refractivity contribution >= 4 is 40.4 Å². The molecule has 39 heavy (non-hydrogen) atoms. The van der Waals surface area contributed by atoms with Crippen LogP contribution >= 0.6 is 11.6 Å². The van der Waals surface area contributed by atoms with Crippen LogP contribution in [0.4, 0.5) is 13.2 Å². The topological polar surface area (TPSA) is 115 Å². The van der Waals surface area contributed by atoms with Gasteiger partial charge in [0.1, 0.15) is 29.6 Å². The first-order valence-electron chi connectivity index (χ1n) is 11.9. The van der Waals surface area contributed by atoms with Crippen LogP contribution in [0.1, 0.15) is 18.9 Å². The molecular weight excluding hydrogens is 543 g/mol. The van der Waals surface area contributed by atoms with Crippen molar-refractivity contribution < 1.29 is 37.1 Å². The fourth-order valence-corrected chi connectivity index (χ4v) is 4.40. The number of rotatable bonds is 8. The number of para-hydroxylation sites is 1. The number of aromatic nitrogens is 2. The van der Waals surface area contributed by atoms with Crippen LogP contribution in [0.3, 0.4) is 0 Å². The number of aryl methyl sites for hydroxylation is 1. The van der Waals surface area contributed by atoms with Crippen LogP contribution in [0.25, 0.3) is 11.0 Å². The lowest BCUT2D eigenvalue weighted by molar-refractivity contribution is -0.241. The predicted molar refractivity (Wildman–Crippen MR) is 133 cm³/mol. The molecule has 2 N–H and O–H groups in total. The Hall–Kier alpha value is -3.84. The second kappa shape index (κ2) is 11.5. The van der Waals surface area contributed by atoms with Crippen LogP contribution in [0, 0.1) is 0 Å². The molecule has 3 aromatic rings. The summed E-state index contributed by atoms with van der Waals surface area (Å²) in [5.74, 6) is -3.37. The van der Waals surface area contributed by atoms with E-state index < -0.39 is 42.1 Å². The van der Waals surface area contributed by atoms with E-state index in [1.54, 1.807) is 60.4 Å². The van der Waals surface area contributed by atoms with Crippen molar-refractivity contribution in [3.05, 3.63) is 59.4 Å². The summed E-state index contributed by atoms with van der Waals surface area (Å²) in [6.07, 6.45) is -2.79. The molecular formula is C25H25ClF3N5O5. The van der Waals surface area contributed by atoms with E-state index in [0.29, 0.717) is 32.4 Å². The number of halogens is 4. The number of hydrogen-bond acceptors (Lipinski definition) is 7. The summed E-state index contributed by atoms with van der Waals surface area (Å²) in [7, 11) is 1.80. The van der Waals surface area contributed by atoms with Gasteiger partial charge in [0.2, 0.25) is 11.8 Å². The van der Waals surface area contributed by atoms with Crippen LogP contribution in [0.5, 0.6) is 5.75 Å². The van der Waals surface area contributed by atoms with E-state index in [0.717, 1.165) is 0 Å². The molecule has 1 aliphatic rings. The summed E-state index contributed by atoms with van der Waals surface area (Å²) in [6, 6.07) is 7.88. The number of benzene rings is 1. The van der Waals surface area contributed by atoms with Crippen LogP contribution in [0.2, 0.25) is 5.02 Å². The minimum atomic E-state index is -5.26. The van der Waals surface area contributed by atoms with E-state index in [4.69, 9.17) is 16.3 Å². The zero-order valence-electron chi connectivity index (χ0n) is 20.9. The van der Waals surface area contributed by atoms with E-state index in [9.17, 15) is 27.6 Å². The number of pyridine rings is 1. The molecule has 2 aromatic heterocycles. The molecule has 0 saturated carbocycles. The Balaban J connectivity index is 1.38. The molecule has 2 amide bonds.